The van der Waals surface area contributed by atoms with Gasteiger partial charge >= 0.3 is 0 Å². The predicted octanol–water partition coefficient (Wildman–Crippen LogP) is 1.57. The zero-order valence-electron chi connectivity index (χ0n) is 11.1. The standard InChI is InChI=1S/C12H20N4OS/c1-7-4-8(2)6-16(5-7)12-9(11(17)14-3)10(13)15-18-12/h7-8H,4-6H2,1-3H3,(H2,13,15)(H,14,17). The Balaban J connectivity index is 2.30. The number of nitrogens with zero attached hydrogens (tertiary/aromatic N) is 2. The van der Waals surface area contributed by atoms with E-state index >= 15 is 0 Å². The van der Waals surface area contributed by atoms with Crippen molar-refractivity contribution in [2.24, 2.45) is 11.8 Å². The van der Waals surface area contributed by atoms with Gasteiger partial charge in [-0.25, -0.2) is 0 Å². The van der Waals surface area contributed by atoms with Gasteiger partial charge in [0, 0.05) is 20.1 Å². The van der Waals surface area contributed by atoms with Crippen molar-refractivity contribution in [2.75, 3.05) is 30.8 Å². The van der Waals surface area contributed by atoms with Gasteiger partial charge in [0.2, 0.25) is 0 Å². The number of nitrogens with one attached hydrogen (secondary N) is 1. The molecule has 0 aromatic carbocycles. The Morgan fingerprint density at radius 3 is 2.61 bits per heavy atom. The van der Waals surface area contributed by atoms with Gasteiger partial charge in [0.25, 0.3) is 5.91 Å². The molecule has 1 aliphatic heterocycles. The minimum atomic E-state index is -0.151. The number of rotatable bonds is 2. The fraction of sp³-hybridized carbons (Fsp3) is 0.667. The maximum absolute atomic E-state index is 11.9. The van der Waals surface area contributed by atoms with Crippen LogP contribution in [-0.2, 0) is 0 Å². The van der Waals surface area contributed by atoms with E-state index in [1.807, 2.05) is 0 Å². The Labute approximate surface area is 112 Å². The van der Waals surface area contributed by atoms with Gasteiger partial charge in [-0.05, 0) is 29.8 Å². The summed E-state index contributed by atoms with van der Waals surface area (Å²) in [7, 11) is 1.62. The summed E-state index contributed by atoms with van der Waals surface area (Å²) >= 11 is 1.32. The molecule has 1 aromatic heterocycles. The molecule has 0 radical (unpaired) electrons. The van der Waals surface area contributed by atoms with Crippen LogP contribution in [0.5, 0.6) is 0 Å². The molecule has 100 valence electrons. The van der Waals surface area contributed by atoms with Crippen molar-refractivity contribution in [1.82, 2.24) is 9.69 Å². The highest BCUT2D eigenvalue weighted by atomic mass is 32.1. The molecule has 0 saturated carbocycles. The average molecular weight is 268 g/mol. The van der Waals surface area contributed by atoms with Crippen molar-refractivity contribution in [3.8, 4) is 0 Å². The summed E-state index contributed by atoms with van der Waals surface area (Å²) < 4.78 is 4.13. The molecule has 18 heavy (non-hydrogen) atoms. The third-order valence-corrected chi connectivity index (χ3v) is 4.23. The van der Waals surface area contributed by atoms with E-state index in [4.69, 9.17) is 5.73 Å². The maximum Gasteiger partial charge on any atom is 0.257 e. The number of anilines is 2. The van der Waals surface area contributed by atoms with Crippen molar-refractivity contribution in [3.05, 3.63) is 5.56 Å². The van der Waals surface area contributed by atoms with Crippen molar-refractivity contribution in [2.45, 2.75) is 20.3 Å². The summed E-state index contributed by atoms with van der Waals surface area (Å²) in [5, 5.41) is 3.54. The van der Waals surface area contributed by atoms with Crippen LogP contribution in [0.3, 0.4) is 0 Å². The number of nitrogen functional groups attached to an aromatic ring is 1. The monoisotopic (exact) mass is 268 g/mol. The highest BCUT2D eigenvalue weighted by Crippen LogP contribution is 2.34. The second-order valence-corrected chi connectivity index (χ2v) is 5.93. The molecule has 2 unspecified atom stereocenters. The van der Waals surface area contributed by atoms with Crippen LogP contribution in [-0.4, -0.2) is 30.4 Å². The van der Waals surface area contributed by atoms with Gasteiger partial charge in [-0.2, -0.15) is 4.37 Å². The molecule has 1 saturated heterocycles. The van der Waals surface area contributed by atoms with Gasteiger partial charge in [-0.15, -0.1) is 0 Å². The highest BCUT2D eigenvalue weighted by Gasteiger charge is 2.28. The predicted molar refractivity (Wildman–Crippen MR) is 75.1 cm³/mol. The molecule has 0 aliphatic carbocycles. The first-order valence-corrected chi connectivity index (χ1v) is 7.02. The fourth-order valence-electron chi connectivity index (χ4n) is 2.68. The first kappa shape index (κ1) is 13.1. The molecule has 0 bridgehead atoms. The molecule has 5 nitrogen and oxygen atoms in total. The van der Waals surface area contributed by atoms with E-state index in [9.17, 15) is 4.79 Å². The van der Waals surface area contributed by atoms with Gasteiger partial charge in [-0.1, -0.05) is 13.8 Å². The minimum Gasteiger partial charge on any atom is -0.382 e. The van der Waals surface area contributed by atoms with Crippen LogP contribution < -0.4 is 16.0 Å². The zero-order chi connectivity index (χ0) is 13.3. The molecule has 6 heteroatoms. The third-order valence-electron chi connectivity index (χ3n) is 3.31. The second-order valence-electron chi connectivity index (χ2n) is 5.18. The van der Waals surface area contributed by atoms with Crippen LogP contribution in [0.4, 0.5) is 10.8 Å². The number of piperidine rings is 1. The number of hydrogen-bond donors (Lipinski definition) is 2. The summed E-state index contributed by atoms with van der Waals surface area (Å²) in [6, 6.07) is 0. The molecule has 1 amide bonds. The third kappa shape index (κ3) is 2.43. The number of carbonyl (C=O) groups is 1. The lowest BCUT2D eigenvalue weighted by Gasteiger charge is -2.35. The second kappa shape index (κ2) is 5.14. The van der Waals surface area contributed by atoms with E-state index in [-0.39, 0.29) is 5.91 Å². The minimum absolute atomic E-state index is 0.151. The summed E-state index contributed by atoms with van der Waals surface area (Å²) in [4.78, 5) is 14.1. The fourth-order valence-corrected chi connectivity index (χ4v) is 3.51. The summed E-state index contributed by atoms with van der Waals surface area (Å²) in [5.41, 5.74) is 6.34. The largest absolute Gasteiger partial charge is 0.382 e. The van der Waals surface area contributed by atoms with Crippen LogP contribution in [0, 0.1) is 11.8 Å². The lowest BCUT2D eigenvalue weighted by molar-refractivity contribution is 0.0964. The van der Waals surface area contributed by atoms with Crippen LogP contribution in [0.2, 0.25) is 0 Å². The van der Waals surface area contributed by atoms with E-state index in [0.717, 1.165) is 18.1 Å². The first-order chi connectivity index (χ1) is 8.52. The Morgan fingerprint density at radius 1 is 1.44 bits per heavy atom. The van der Waals surface area contributed by atoms with E-state index in [0.29, 0.717) is 23.2 Å². The first-order valence-electron chi connectivity index (χ1n) is 6.25. The number of aromatic nitrogens is 1. The van der Waals surface area contributed by atoms with Gasteiger partial charge in [-0.3, -0.25) is 4.79 Å². The summed E-state index contributed by atoms with van der Waals surface area (Å²) in [6.07, 6.45) is 1.24. The Hall–Kier alpha value is -1.30. The topological polar surface area (TPSA) is 71.2 Å². The van der Waals surface area contributed by atoms with Gasteiger partial charge in [0.15, 0.2) is 5.82 Å². The van der Waals surface area contributed by atoms with Crippen LogP contribution in [0.1, 0.15) is 30.6 Å². The van der Waals surface area contributed by atoms with E-state index < -0.39 is 0 Å². The Kier molecular flexibility index (Phi) is 3.75. The lowest BCUT2D eigenvalue weighted by Crippen LogP contribution is -2.39. The Morgan fingerprint density at radius 2 is 2.06 bits per heavy atom. The van der Waals surface area contributed by atoms with Crippen molar-refractivity contribution >= 4 is 28.3 Å². The zero-order valence-corrected chi connectivity index (χ0v) is 11.9. The van der Waals surface area contributed by atoms with Crippen LogP contribution in [0.15, 0.2) is 0 Å². The van der Waals surface area contributed by atoms with Crippen LogP contribution in [0.25, 0.3) is 0 Å². The van der Waals surface area contributed by atoms with Gasteiger partial charge in [0.1, 0.15) is 10.6 Å². The highest BCUT2D eigenvalue weighted by molar-refractivity contribution is 7.11. The smallest absolute Gasteiger partial charge is 0.257 e. The van der Waals surface area contributed by atoms with E-state index in [1.165, 1.54) is 18.0 Å². The summed E-state index contributed by atoms with van der Waals surface area (Å²) in [5.74, 6) is 1.45. The van der Waals surface area contributed by atoms with Crippen molar-refractivity contribution in [3.63, 3.8) is 0 Å². The van der Waals surface area contributed by atoms with E-state index in [1.54, 1.807) is 7.05 Å². The molecule has 1 aliphatic rings. The quantitative estimate of drug-likeness (QED) is 0.854. The molecule has 2 atom stereocenters. The molecule has 2 rings (SSSR count). The van der Waals surface area contributed by atoms with Crippen molar-refractivity contribution in [1.29, 1.82) is 0 Å². The van der Waals surface area contributed by atoms with Crippen LogP contribution >= 0.6 is 11.5 Å². The molecule has 1 aromatic rings. The molecule has 1 fully saturated rings. The molecular weight excluding hydrogens is 248 g/mol. The maximum atomic E-state index is 11.9. The SMILES string of the molecule is CNC(=O)c1c(N)nsc1N1CC(C)CC(C)C1. The lowest BCUT2D eigenvalue weighted by atomic mass is 9.92. The van der Waals surface area contributed by atoms with E-state index in [2.05, 4.69) is 28.4 Å². The molecule has 0 spiro atoms. The summed E-state index contributed by atoms with van der Waals surface area (Å²) in [6.45, 7) is 6.42. The number of amides is 1. The number of carbonyl (C=O) groups excluding carboxylic acids is 1. The van der Waals surface area contributed by atoms with Crippen molar-refractivity contribution < 1.29 is 4.79 Å². The number of nitrogens with two attached hydrogens (primary N) is 1. The number of hydrogen-bond acceptors (Lipinski definition) is 5. The molecule has 3 N–H and O–H groups in total. The molecular formula is C12H20N4OS. The Bertz CT molecular complexity index is 435. The average Bonchev–Trinajstić information content (AvgIpc) is 2.69. The van der Waals surface area contributed by atoms with Gasteiger partial charge in [0.05, 0.1) is 0 Å². The molecule has 2 heterocycles. The normalized spacial score (nSPS) is 24.1. The van der Waals surface area contributed by atoms with Gasteiger partial charge < -0.3 is 16.0 Å².